The van der Waals surface area contributed by atoms with Gasteiger partial charge in [0.2, 0.25) is 0 Å². The number of fused-ring (bicyclic) bond motifs is 1. The van der Waals surface area contributed by atoms with E-state index < -0.39 is 0 Å². The predicted octanol–water partition coefficient (Wildman–Crippen LogP) is 3.82. The molecule has 0 aliphatic carbocycles. The number of hydrogen-bond donors (Lipinski definition) is 1. The van der Waals surface area contributed by atoms with E-state index in [1.54, 1.807) is 6.33 Å². The third-order valence-corrected chi connectivity index (χ3v) is 3.47. The minimum atomic E-state index is 0.883. The molecule has 1 aromatic carbocycles. The molecule has 0 unspecified atom stereocenters. The van der Waals surface area contributed by atoms with Gasteiger partial charge in [-0.15, -0.1) is 0 Å². The molecular weight excluding hydrogens is 260 g/mol. The highest BCUT2D eigenvalue weighted by molar-refractivity contribution is 5.81. The molecule has 4 heteroatoms. The maximum Gasteiger partial charge on any atom is 0.132 e. The van der Waals surface area contributed by atoms with Gasteiger partial charge in [-0.25, -0.2) is 15.0 Å². The summed E-state index contributed by atoms with van der Waals surface area (Å²) in [5, 5.41) is 4.47. The first-order chi connectivity index (χ1) is 10.3. The number of nitrogens with zero attached hydrogens (tertiary/aromatic N) is 3. The van der Waals surface area contributed by atoms with Crippen molar-refractivity contribution < 1.29 is 0 Å². The Bertz CT molecular complexity index is 768. The SMILES string of the molecule is CCCNc1ncnc(-c2ccc3ccccc3n2)c1C. The Morgan fingerprint density at radius 3 is 2.76 bits per heavy atom. The summed E-state index contributed by atoms with van der Waals surface area (Å²) in [6.45, 7) is 5.07. The van der Waals surface area contributed by atoms with E-state index in [0.29, 0.717) is 0 Å². The van der Waals surface area contributed by atoms with Crippen molar-refractivity contribution in [1.82, 2.24) is 15.0 Å². The summed E-state index contributed by atoms with van der Waals surface area (Å²) >= 11 is 0. The number of para-hydroxylation sites is 1. The van der Waals surface area contributed by atoms with Gasteiger partial charge in [0.15, 0.2) is 0 Å². The first-order valence-corrected chi connectivity index (χ1v) is 7.21. The molecule has 0 atom stereocenters. The number of anilines is 1. The highest BCUT2D eigenvalue weighted by Gasteiger charge is 2.10. The molecule has 21 heavy (non-hydrogen) atoms. The molecule has 0 fully saturated rings. The molecule has 3 rings (SSSR count). The van der Waals surface area contributed by atoms with Gasteiger partial charge in [-0.05, 0) is 25.5 Å². The standard InChI is InChI=1S/C17H18N4/c1-3-10-18-17-12(2)16(19-11-20-17)15-9-8-13-6-4-5-7-14(13)21-15/h4-9,11H,3,10H2,1-2H3,(H,18,19,20). The van der Waals surface area contributed by atoms with E-state index in [1.807, 2.05) is 31.2 Å². The van der Waals surface area contributed by atoms with Gasteiger partial charge in [-0.2, -0.15) is 0 Å². The van der Waals surface area contributed by atoms with E-state index in [0.717, 1.165) is 46.6 Å². The normalized spacial score (nSPS) is 10.8. The van der Waals surface area contributed by atoms with Crippen LogP contribution in [0.2, 0.25) is 0 Å². The van der Waals surface area contributed by atoms with Gasteiger partial charge in [-0.3, -0.25) is 0 Å². The zero-order chi connectivity index (χ0) is 14.7. The fraction of sp³-hybridized carbons (Fsp3) is 0.235. The Morgan fingerprint density at radius 2 is 1.90 bits per heavy atom. The van der Waals surface area contributed by atoms with E-state index >= 15 is 0 Å². The van der Waals surface area contributed by atoms with E-state index in [4.69, 9.17) is 4.98 Å². The molecule has 0 aliphatic heterocycles. The second kappa shape index (κ2) is 5.87. The molecule has 3 aromatic rings. The molecule has 0 amide bonds. The summed E-state index contributed by atoms with van der Waals surface area (Å²) in [5.74, 6) is 0.886. The minimum absolute atomic E-state index is 0.883. The van der Waals surface area contributed by atoms with Crippen molar-refractivity contribution in [2.24, 2.45) is 0 Å². The van der Waals surface area contributed by atoms with Crippen molar-refractivity contribution in [3.05, 3.63) is 48.3 Å². The zero-order valence-corrected chi connectivity index (χ0v) is 12.3. The van der Waals surface area contributed by atoms with Crippen LogP contribution in [0.1, 0.15) is 18.9 Å². The lowest BCUT2D eigenvalue weighted by atomic mass is 10.1. The van der Waals surface area contributed by atoms with Crippen LogP contribution in [0.5, 0.6) is 0 Å². The summed E-state index contributed by atoms with van der Waals surface area (Å²) in [6, 6.07) is 12.2. The van der Waals surface area contributed by atoms with Gasteiger partial charge in [0, 0.05) is 17.5 Å². The van der Waals surface area contributed by atoms with Crippen LogP contribution in [0.4, 0.5) is 5.82 Å². The lowest BCUT2D eigenvalue weighted by Crippen LogP contribution is -2.05. The first kappa shape index (κ1) is 13.5. The molecular formula is C17H18N4. The van der Waals surface area contributed by atoms with E-state index in [1.165, 1.54) is 0 Å². The van der Waals surface area contributed by atoms with Crippen molar-refractivity contribution in [1.29, 1.82) is 0 Å². The second-order valence-corrected chi connectivity index (χ2v) is 5.01. The lowest BCUT2D eigenvalue weighted by Gasteiger charge is -2.10. The maximum absolute atomic E-state index is 4.71. The summed E-state index contributed by atoms with van der Waals surface area (Å²) in [4.78, 5) is 13.4. The third-order valence-electron chi connectivity index (χ3n) is 3.47. The smallest absolute Gasteiger partial charge is 0.132 e. The highest BCUT2D eigenvalue weighted by atomic mass is 15.0. The average Bonchev–Trinajstić information content (AvgIpc) is 2.53. The lowest BCUT2D eigenvalue weighted by molar-refractivity contribution is 0.959. The maximum atomic E-state index is 4.71. The summed E-state index contributed by atoms with van der Waals surface area (Å²) in [5.41, 5.74) is 3.78. The van der Waals surface area contributed by atoms with Crippen LogP contribution in [-0.2, 0) is 0 Å². The van der Waals surface area contributed by atoms with E-state index in [-0.39, 0.29) is 0 Å². The molecule has 0 bridgehead atoms. The topological polar surface area (TPSA) is 50.7 Å². The van der Waals surface area contributed by atoms with Gasteiger partial charge in [0.05, 0.1) is 16.9 Å². The number of nitrogens with one attached hydrogen (secondary N) is 1. The molecule has 0 saturated carbocycles. The van der Waals surface area contributed by atoms with Crippen LogP contribution >= 0.6 is 0 Å². The number of rotatable bonds is 4. The number of aromatic nitrogens is 3. The van der Waals surface area contributed by atoms with Crippen LogP contribution in [-0.4, -0.2) is 21.5 Å². The zero-order valence-electron chi connectivity index (χ0n) is 12.3. The number of pyridine rings is 1. The molecule has 4 nitrogen and oxygen atoms in total. The summed E-state index contributed by atoms with van der Waals surface area (Å²) < 4.78 is 0. The van der Waals surface area contributed by atoms with Gasteiger partial charge in [-0.1, -0.05) is 31.2 Å². The van der Waals surface area contributed by atoms with Crippen LogP contribution in [0.3, 0.4) is 0 Å². The Kier molecular flexibility index (Phi) is 3.77. The van der Waals surface area contributed by atoms with Crippen molar-refractivity contribution in [2.75, 3.05) is 11.9 Å². The van der Waals surface area contributed by atoms with Crippen LogP contribution in [0.15, 0.2) is 42.7 Å². The van der Waals surface area contributed by atoms with Crippen LogP contribution in [0.25, 0.3) is 22.3 Å². The van der Waals surface area contributed by atoms with Gasteiger partial charge in [0.25, 0.3) is 0 Å². The van der Waals surface area contributed by atoms with Crippen molar-refractivity contribution in [3.63, 3.8) is 0 Å². The fourth-order valence-corrected chi connectivity index (χ4v) is 2.33. The highest BCUT2D eigenvalue weighted by Crippen LogP contribution is 2.25. The van der Waals surface area contributed by atoms with Crippen molar-refractivity contribution in [3.8, 4) is 11.4 Å². The molecule has 0 radical (unpaired) electrons. The molecule has 2 aromatic heterocycles. The van der Waals surface area contributed by atoms with Crippen LogP contribution < -0.4 is 5.32 Å². The second-order valence-electron chi connectivity index (χ2n) is 5.01. The van der Waals surface area contributed by atoms with Crippen molar-refractivity contribution in [2.45, 2.75) is 20.3 Å². The van der Waals surface area contributed by atoms with Gasteiger partial charge < -0.3 is 5.32 Å². The molecule has 0 spiro atoms. The summed E-state index contributed by atoms with van der Waals surface area (Å²) in [6.07, 6.45) is 2.66. The Morgan fingerprint density at radius 1 is 1.05 bits per heavy atom. The molecule has 106 valence electrons. The Balaban J connectivity index is 2.05. The minimum Gasteiger partial charge on any atom is -0.370 e. The van der Waals surface area contributed by atoms with Gasteiger partial charge >= 0.3 is 0 Å². The molecule has 1 N–H and O–H groups in total. The quantitative estimate of drug-likeness (QED) is 0.788. The fourth-order valence-electron chi connectivity index (χ4n) is 2.33. The Hall–Kier alpha value is -2.49. The van der Waals surface area contributed by atoms with Crippen molar-refractivity contribution >= 4 is 16.7 Å². The van der Waals surface area contributed by atoms with Gasteiger partial charge in [0.1, 0.15) is 12.1 Å². The summed E-state index contributed by atoms with van der Waals surface area (Å²) in [7, 11) is 0. The molecule has 0 aliphatic rings. The number of hydrogen-bond acceptors (Lipinski definition) is 4. The molecule has 0 saturated heterocycles. The average molecular weight is 278 g/mol. The first-order valence-electron chi connectivity index (χ1n) is 7.21. The predicted molar refractivity (Wildman–Crippen MR) is 86.3 cm³/mol. The number of benzene rings is 1. The van der Waals surface area contributed by atoms with E-state index in [9.17, 15) is 0 Å². The molecule has 2 heterocycles. The van der Waals surface area contributed by atoms with Crippen LogP contribution in [0, 0.1) is 6.92 Å². The monoisotopic (exact) mass is 278 g/mol. The third kappa shape index (κ3) is 2.70. The largest absolute Gasteiger partial charge is 0.370 e. The van der Waals surface area contributed by atoms with E-state index in [2.05, 4.69) is 34.3 Å². The Labute approximate surface area is 124 Å².